The Labute approximate surface area is 87.2 Å². The molecule has 0 bridgehead atoms. The van der Waals surface area contributed by atoms with Gasteiger partial charge in [-0.15, -0.1) is 0 Å². The molecule has 0 fully saturated rings. The van der Waals surface area contributed by atoms with Gasteiger partial charge in [-0.2, -0.15) is 0 Å². The van der Waals surface area contributed by atoms with Gasteiger partial charge in [-0.1, -0.05) is 13.8 Å². The second kappa shape index (κ2) is 6.92. The average Bonchev–Trinajstić information content (AvgIpc) is 2.20. The summed E-state index contributed by atoms with van der Waals surface area (Å²) in [6.07, 6.45) is 1.61. The number of rotatable bonds is 2. The zero-order valence-corrected chi connectivity index (χ0v) is 9.45. The summed E-state index contributed by atoms with van der Waals surface area (Å²) in [5.41, 5.74) is 0.576. The lowest BCUT2D eigenvalue weighted by atomic mass is 10.2. The van der Waals surface area contributed by atoms with Crippen molar-refractivity contribution < 1.29 is 4.79 Å². The van der Waals surface area contributed by atoms with E-state index in [-0.39, 0.29) is 5.78 Å². The van der Waals surface area contributed by atoms with Crippen molar-refractivity contribution in [2.75, 3.05) is 0 Å². The third-order valence-electron chi connectivity index (χ3n) is 1.22. The number of Topliss-reactive ketones (excluding diaryl/α,β-unsaturated/α-hetero) is 1. The first kappa shape index (κ1) is 12.5. The van der Waals surface area contributed by atoms with E-state index in [2.05, 4.69) is 4.98 Å². The van der Waals surface area contributed by atoms with Gasteiger partial charge in [0.05, 0.1) is 5.56 Å². The summed E-state index contributed by atoms with van der Waals surface area (Å²) >= 11 is 0. The molecule has 72 valence electrons. The van der Waals surface area contributed by atoms with Gasteiger partial charge < -0.3 is 0 Å². The van der Waals surface area contributed by atoms with E-state index in [1.54, 1.807) is 18.3 Å². The normalized spacial score (nSPS) is 8.62. The average molecular weight is 218 g/mol. The third kappa shape index (κ3) is 3.79. The predicted molar refractivity (Wildman–Crippen MR) is 57.3 cm³/mol. The number of carbonyl (C=O) groups excluding carboxylic acids is 1. The highest BCUT2D eigenvalue weighted by Gasteiger charge is 2.06. The maximum Gasteiger partial charge on any atom is 0.162 e. The Hall–Kier alpha value is -0.540. The van der Waals surface area contributed by atoms with E-state index in [0.717, 1.165) is 11.0 Å². The van der Waals surface area contributed by atoms with E-state index in [9.17, 15) is 4.79 Å². The second-order valence-electron chi connectivity index (χ2n) is 1.99. The first-order chi connectivity index (χ1) is 6.25. The van der Waals surface area contributed by atoms with Crippen molar-refractivity contribution >= 4 is 27.4 Å². The molecule has 1 heterocycles. The second-order valence-corrected chi connectivity index (χ2v) is 2.99. The van der Waals surface area contributed by atoms with Crippen molar-refractivity contribution in [3.63, 3.8) is 0 Å². The molecule has 1 aromatic rings. The van der Waals surface area contributed by atoms with E-state index >= 15 is 0 Å². The van der Waals surface area contributed by atoms with Gasteiger partial charge in [-0.3, -0.25) is 4.79 Å². The van der Waals surface area contributed by atoms with Crippen LogP contribution < -0.4 is 0 Å². The van der Waals surface area contributed by atoms with E-state index in [1.165, 1.54) is 6.92 Å². The summed E-state index contributed by atoms with van der Waals surface area (Å²) in [6.45, 7) is 5.49. The van der Waals surface area contributed by atoms with Crippen molar-refractivity contribution in [1.82, 2.24) is 4.98 Å². The van der Waals surface area contributed by atoms with Crippen molar-refractivity contribution in [2.24, 2.45) is 0 Å². The van der Waals surface area contributed by atoms with Crippen LogP contribution in [-0.2, 0) is 0 Å². The zero-order valence-electron chi connectivity index (χ0n) is 7.87. The number of aromatic nitrogens is 1. The number of pyridine rings is 1. The molecule has 4 heteroatoms. The largest absolute Gasteiger partial charge is 0.294 e. The molecule has 0 unspecified atom stereocenters. The topological polar surface area (TPSA) is 30.0 Å². The molecule has 2 nitrogen and oxygen atoms in total. The molecule has 0 saturated heterocycles. The molecule has 0 amide bonds. The number of halogens is 1. The fraction of sp³-hybridized carbons (Fsp3) is 0.333. The summed E-state index contributed by atoms with van der Waals surface area (Å²) in [6, 6.07) is 3.42. The predicted octanol–water partition coefficient (Wildman–Crippen LogP) is 3.56. The first-order valence-corrected chi connectivity index (χ1v) is 5.64. The van der Waals surface area contributed by atoms with Gasteiger partial charge in [0.25, 0.3) is 0 Å². The van der Waals surface area contributed by atoms with Gasteiger partial charge in [0.15, 0.2) is 5.78 Å². The fourth-order valence-electron chi connectivity index (χ4n) is 0.720. The van der Waals surface area contributed by atoms with Gasteiger partial charge >= 0.3 is 0 Å². The highest BCUT2D eigenvalue weighted by atomic mass is 35.7. The Morgan fingerprint density at radius 2 is 2.15 bits per heavy atom. The minimum absolute atomic E-state index is 0.0127. The number of hydrogen-bond acceptors (Lipinski definition) is 3. The van der Waals surface area contributed by atoms with Crippen LogP contribution in [0.1, 0.15) is 31.1 Å². The molecule has 1 rings (SSSR count). The Morgan fingerprint density at radius 1 is 1.54 bits per heavy atom. The fourth-order valence-corrected chi connectivity index (χ4v) is 1.48. The van der Waals surface area contributed by atoms with E-state index in [1.807, 2.05) is 13.8 Å². The van der Waals surface area contributed by atoms with Crippen LogP contribution in [0.3, 0.4) is 0 Å². The van der Waals surface area contributed by atoms with Crippen molar-refractivity contribution in [3.8, 4) is 0 Å². The maximum absolute atomic E-state index is 10.9. The monoisotopic (exact) mass is 217 g/mol. The van der Waals surface area contributed by atoms with Crippen LogP contribution in [0.15, 0.2) is 23.4 Å². The number of ketones is 1. The first-order valence-electron chi connectivity index (χ1n) is 4.00. The molecule has 0 radical (unpaired) electrons. The number of nitrogens with zero attached hydrogens (tertiary/aromatic N) is 1. The van der Waals surface area contributed by atoms with Crippen molar-refractivity contribution in [3.05, 3.63) is 23.9 Å². The van der Waals surface area contributed by atoms with Gasteiger partial charge in [0.1, 0.15) is 5.03 Å². The lowest BCUT2D eigenvalue weighted by molar-refractivity contribution is 0.101. The minimum Gasteiger partial charge on any atom is -0.294 e. The summed E-state index contributed by atoms with van der Waals surface area (Å²) < 4.78 is 0. The Morgan fingerprint density at radius 3 is 2.54 bits per heavy atom. The standard InChI is InChI=1S/C7H6ClNOS.C2H6/c1-5(10)6-3-2-4-9-7(6)11-8;1-2/h2-4H,1H3;1-2H3. The van der Waals surface area contributed by atoms with E-state index in [0.29, 0.717) is 10.6 Å². The van der Waals surface area contributed by atoms with Crippen LogP contribution in [0.4, 0.5) is 0 Å². The highest BCUT2D eigenvalue weighted by molar-refractivity contribution is 8.21. The van der Waals surface area contributed by atoms with Gasteiger partial charge in [0.2, 0.25) is 0 Å². The Kier molecular flexibility index (Phi) is 6.63. The molecule has 0 aliphatic carbocycles. The van der Waals surface area contributed by atoms with Crippen LogP contribution >= 0.6 is 21.7 Å². The van der Waals surface area contributed by atoms with Gasteiger partial charge in [0, 0.05) is 17.2 Å². The summed E-state index contributed by atoms with van der Waals surface area (Å²) in [5.74, 6) is -0.0127. The van der Waals surface area contributed by atoms with Crippen molar-refractivity contribution in [1.29, 1.82) is 0 Å². The number of carbonyl (C=O) groups is 1. The molecule has 0 aliphatic rings. The highest BCUT2D eigenvalue weighted by Crippen LogP contribution is 2.23. The smallest absolute Gasteiger partial charge is 0.162 e. The third-order valence-corrected chi connectivity index (χ3v) is 2.13. The molecular weight excluding hydrogens is 206 g/mol. The lowest BCUT2D eigenvalue weighted by Crippen LogP contribution is -1.95. The van der Waals surface area contributed by atoms with Crippen molar-refractivity contribution in [2.45, 2.75) is 25.8 Å². The molecule has 0 N–H and O–H groups in total. The van der Waals surface area contributed by atoms with E-state index < -0.39 is 0 Å². The molecule has 0 spiro atoms. The minimum atomic E-state index is -0.0127. The van der Waals surface area contributed by atoms with E-state index in [4.69, 9.17) is 10.7 Å². The summed E-state index contributed by atoms with van der Waals surface area (Å²) in [5, 5.41) is 0.571. The molecule has 13 heavy (non-hydrogen) atoms. The molecule has 0 atom stereocenters. The van der Waals surface area contributed by atoms with Crippen LogP contribution in [0, 0.1) is 0 Å². The lowest BCUT2D eigenvalue weighted by Gasteiger charge is -1.98. The van der Waals surface area contributed by atoms with Crippen LogP contribution in [0.5, 0.6) is 0 Å². The summed E-state index contributed by atoms with van der Waals surface area (Å²) in [4.78, 5) is 14.8. The molecule has 0 aliphatic heterocycles. The number of hydrogen-bond donors (Lipinski definition) is 0. The van der Waals surface area contributed by atoms with Crippen LogP contribution in [-0.4, -0.2) is 10.8 Å². The molecule has 0 saturated carbocycles. The Balaban J connectivity index is 0.000000671. The van der Waals surface area contributed by atoms with Gasteiger partial charge in [-0.05, 0) is 29.7 Å². The zero-order chi connectivity index (χ0) is 10.3. The Bertz CT molecular complexity index is 278. The summed E-state index contributed by atoms with van der Waals surface area (Å²) in [7, 11) is 6.44. The molecular formula is C9H12ClNOS. The molecule has 1 aromatic heterocycles. The maximum atomic E-state index is 10.9. The van der Waals surface area contributed by atoms with Crippen LogP contribution in [0.2, 0.25) is 0 Å². The SMILES string of the molecule is CC.CC(=O)c1cccnc1SCl. The quantitative estimate of drug-likeness (QED) is 0.710. The van der Waals surface area contributed by atoms with Gasteiger partial charge in [-0.25, -0.2) is 4.98 Å². The van der Waals surface area contributed by atoms with Crippen LogP contribution in [0.25, 0.3) is 0 Å². The molecule has 0 aromatic carbocycles.